The summed E-state index contributed by atoms with van der Waals surface area (Å²) in [6.45, 7) is 2.77. The second kappa shape index (κ2) is 5.95. The smallest absolute Gasteiger partial charge is 0.384 e. The molecule has 0 spiro atoms. The van der Waals surface area contributed by atoms with Crippen LogP contribution in [-0.4, -0.2) is 25.1 Å². The Labute approximate surface area is 110 Å². The van der Waals surface area contributed by atoms with E-state index in [1.54, 1.807) is 25.1 Å². The van der Waals surface area contributed by atoms with Gasteiger partial charge in [-0.15, -0.1) is 0 Å². The number of halogens is 3. The lowest BCUT2D eigenvalue weighted by Gasteiger charge is -2.29. The largest absolute Gasteiger partial charge is 0.405 e. The fourth-order valence-corrected chi connectivity index (χ4v) is 2.05. The lowest BCUT2D eigenvalue weighted by atomic mass is 10.1. The number of nitrogens with two attached hydrogens (primary N) is 1. The Hall–Kier alpha value is -1.72. The first-order valence-corrected chi connectivity index (χ1v) is 6.02. The van der Waals surface area contributed by atoms with Gasteiger partial charge in [-0.05, 0) is 25.0 Å². The number of nitrogens with one attached hydrogen (secondary N) is 1. The van der Waals surface area contributed by atoms with E-state index < -0.39 is 12.7 Å². The number of nitrogens with zero attached hydrogens (tertiary/aromatic N) is 1. The maximum Gasteiger partial charge on any atom is 0.405 e. The lowest BCUT2D eigenvalue weighted by Crippen LogP contribution is -2.36. The van der Waals surface area contributed by atoms with E-state index in [-0.39, 0.29) is 12.4 Å². The molecule has 3 N–H and O–H groups in total. The maximum absolute atomic E-state index is 12.7. The van der Waals surface area contributed by atoms with Crippen LogP contribution in [0, 0.1) is 12.3 Å². The van der Waals surface area contributed by atoms with Crippen molar-refractivity contribution in [1.82, 2.24) is 0 Å². The highest BCUT2D eigenvalue weighted by atomic mass is 19.4. The Morgan fingerprint density at radius 3 is 2.47 bits per heavy atom. The van der Waals surface area contributed by atoms with Crippen molar-refractivity contribution in [3.63, 3.8) is 0 Å². The Bertz CT molecular complexity index is 455. The molecule has 0 aliphatic heterocycles. The third-order valence-electron chi connectivity index (χ3n) is 2.71. The molecule has 0 radical (unpaired) electrons. The Balaban J connectivity index is 3.25. The molecule has 3 nitrogen and oxygen atoms in total. The van der Waals surface area contributed by atoms with Crippen molar-refractivity contribution in [2.24, 2.45) is 5.73 Å². The summed E-state index contributed by atoms with van der Waals surface area (Å²) in [6.07, 6.45) is -3.70. The van der Waals surface area contributed by atoms with Crippen LogP contribution < -0.4 is 10.6 Å². The molecule has 19 heavy (non-hydrogen) atoms. The van der Waals surface area contributed by atoms with Crippen molar-refractivity contribution < 1.29 is 13.2 Å². The fraction of sp³-hybridized carbons (Fsp3) is 0.462. The second-order valence-electron chi connectivity index (χ2n) is 4.42. The number of amidine groups is 1. The third-order valence-corrected chi connectivity index (χ3v) is 2.71. The first kappa shape index (κ1) is 15.3. The first-order valence-electron chi connectivity index (χ1n) is 6.02. The molecular weight excluding hydrogens is 255 g/mol. The van der Waals surface area contributed by atoms with Crippen LogP contribution in [0.25, 0.3) is 0 Å². The first-order chi connectivity index (χ1) is 8.76. The van der Waals surface area contributed by atoms with E-state index in [2.05, 4.69) is 0 Å². The highest BCUT2D eigenvalue weighted by Crippen LogP contribution is 2.28. The number of benzene rings is 1. The minimum atomic E-state index is -4.29. The summed E-state index contributed by atoms with van der Waals surface area (Å²) in [7, 11) is 0. The van der Waals surface area contributed by atoms with Gasteiger partial charge in [-0.25, -0.2) is 0 Å². The van der Waals surface area contributed by atoms with Gasteiger partial charge in [-0.2, -0.15) is 13.2 Å². The second-order valence-corrected chi connectivity index (χ2v) is 4.42. The van der Waals surface area contributed by atoms with Crippen LogP contribution in [0.3, 0.4) is 0 Å². The molecular formula is C13H18F3N3. The molecule has 0 aliphatic carbocycles. The van der Waals surface area contributed by atoms with Crippen molar-refractivity contribution in [1.29, 1.82) is 5.41 Å². The normalized spacial score (nSPS) is 11.4. The summed E-state index contributed by atoms with van der Waals surface area (Å²) >= 11 is 0. The number of anilines is 1. The quantitative estimate of drug-likeness (QED) is 0.640. The van der Waals surface area contributed by atoms with E-state index in [1.807, 2.05) is 6.92 Å². The molecule has 0 heterocycles. The number of hydrogen-bond donors (Lipinski definition) is 2. The molecule has 0 bridgehead atoms. The highest BCUT2D eigenvalue weighted by Gasteiger charge is 2.32. The molecule has 0 aromatic heterocycles. The number of nitrogen functional groups attached to an aromatic ring is 1. The summed E-state index contributed by atoms with van der Waals surface area (Å²) in [5, 5.41) is 7.50. The van der Waals surface area contributed by atoms with E-state index in [0.717, 1.165) is 0 Å². The molecule has 0 fully saturated rings. The Kier molecular flexibility index (Phi) is 4.80. The van der Waals surface area contributed by atoms with Crippen LogP contribution in [0.15, 0.2) is 18.2 Å². The zero-order valence-corrected chi connectivity index (χ0v) is 11.0. The van der Waals surface area contributed by atoms with Gasteiger partial charge in [0.15, 0.2) is 0 Å². The number of alkyl halides is 3. The van der Waals surface area contributed by atoms with Crippen molar-refractivity contribution in [3.05, 3.63) is 29.3 Å². The number of aryl methyl sites for hydroxylation is 1. The zero-order valence-electron chi connectivity index (χ0n) is 11.0. The van der Waals surface area contributed by atoms with Gasteiger partial charge in [0.25, 0.3) is 0 Å². The molecule has 0 saturated heterocycles. The monoisotopic (exact) mass is 273 g/mol. The van der Waals surface area contributed by atoms with Crippen LogP contribution in [0.5, 0.6) is 0 Å². The Morgan fingerprint density at radius 2 is 2.00 bits per heavy atom. The van der Waals surface area contributed by atoms with Crippen LogP contribution >= 0.6 is 0 Å². The average Bonchev–Trinajstić information content (AvgIpc) is 2.26. The molecule has 1 rings (SSSR count). The highest BCUT2D eigenvalue weighted by molar-refractivity contribution is 6.01. The van der Waals surface area contributed by atoms with E-state index in [1.165, 1.54) is 4.90 Å². The van der Waals surface area contributed by atoms with E-state index in [0.29, 0.717) is 23.2 Å². The lowest BCUT2D eigenvalue weighted by molar-refractivity contribution is -0.119. The summed E-state index contributed by atoms with van der Waals surface area (Å²) in [4.78, 5) is 1.24. The van der Waals surface area contributed by atoms with Gasteiger partial charge in [0.1, 0.15) is 12.4 Å². The van der Waals surface area contributed by atoms with Gasteiger partial charge in [-0.3, -0.25) is 5.41 Å². The van der Waals surface area contributed by atoms with Crippen LogP contribution in [-0.2, 0) is 0 Å². The minimum absolute atomic E-state index is 0.220. The van der Waals surface area contributed by atoms with E-state index in [9.17, 15) is 13.2 Å². The maximum atomic E-state index is 12.7. The topological polar surface area (TPSA) is 53.1 Å². The third kappa shape index (κ3) is 4.15. The number of hydrogen-bond acceptors (Lipinski definition) is 2. The molecule has 1 aromatic carbocycles. The number of rotatable bonds is 5. The molecule has 0 amide bonds. The fourth-order valence-electron chi connectivity index (χ4n) is 2.05. The standard InChI is InChI=1S/C13H18F3N3/c1-3-7-19(8-13(14,15)16)11-9(2)5-4-6-10(11)12(17)18/h4-6H,3,7-8H2,1-2H3,(H3,17,18). The average molecular weight is 273 g/mol. The van der Waals surface area contributed by atoms with Crippen molar-refractivity contribution >= 4 is 11.5 Å². The summed E-state index contributed by atoms with van der Waals surface area (Å²) in [6, 6.07) is 4.98. The summed E-state index contributed by atoms with van der Waals surface area (Å²) in [5.74, 6) is -0.220. The van der Waals surface area contributed by atoms with Crippen LogP contribution in [0.4, 0.5) is 18.9 Å². The molecule has 0 unspecified atom stereocenters. The van der Waals surface area contributed by atoms with Gasteiger partial charge in [-0.1, -0.05) is 19.1 Å². The summed E-state index contributed by atoms with van der Waals surface area (Å²) in [5.41, 5.74) is 6.88. The zero-order chi connectivity index (χ0) is 14.6. The van der Waals surface area contributed by atoms with Crippen molar-refractivity contribution in [3.8, 4) is 0 Å². The van der Waals surface area contributed by atoms with Crippen molar-refractivity contribution in [2.75, 3.05) is 18.0 Å². The minimum Gasteiger partial charge on any atom is -0.384 e. The van der Waals surface area contributed by atoms with Gasteiger partial charge in [0.2, 0.25) is 0 Å². The van der Waals surface area contributed by atoms with Crippen molar-refractivity contribution in [2.45, 2.75) is 26.4 Å². The molecule has 0 saturated carbocycles. The van der Waals surface area contributed by atoms with Gasteiger partial charge >= 0.3 is 6.18 Å². The SMILES string of the molecule is CCCN(CC(F)(F)F)c1c(C)cccc1C(=N)N. The molecule has 1 aromatic rings. The van der Waals surface area contributed by atoms with Gasteiger partial charge in [0, 0.05) is 12.1 Å². The van der Waals surface area contributed by atoms with Gasteiger partial charge < -0.3 is 10.6 Å². The van der Waals surface area contributed by atoms with Gasteiger partial charge in [0.05, 0.1) is 5.69 Å². The Morgan fingerprint density at radius 1 is 1.37 bits per heavy atom. The molecule has 6 heteroatoms. The molecule has 0 aliphatic rings. The predicted molar refractivity (Wildman–Crippen MR) is 70.8 cm³/mol. The summed E-state index contributed by atoms with van der Waals surface area (Å²) < 4.78 is 38.0. The van der Waals surface area contributed by atoms with Crippen LogP contribution in [0.2, 0.25) is 0 Å². The van der Waals surface area contributed by atoms with Crippen LogP contribution in [0.1, 0.15) is 24.5 Å². The predicted octanol–water partition coefficient (Wildman–Crippen LogP) is 3.06. The van der Waals surface area contributed by atoms with E-state index in [4.69, 9.17) is 11.1 Å². The molecule has 106 valence electrons. The van der Waals surface area contributed by atoms with E-state index >= 15 is 0 Å². The number of para-hydroxylation sites is 1. The molecule has 0 atom stereocenters.